The lowest BCUT2D eigenvalue weighted by Crippen LogP contribution is -2.59. The molecule has 4 rings (SSSR count). The first kappa shape index (κ1) is 16.3. The molecule has 0 spiro atoms. The lowest BCUT2D eigenvalue weighted by Gasteiger charge is -2.56. The molecule has 2 nitrogen and oxygen atoms in total. The van der Waals surface area contributed by atoms with Crippen molar-refractivity contribution < 1.29 is 4.74 Å². The maximum atomic E-state index is 6.62. The van der Waals surface area contributed by atoms with Crippen molar-refractivity contribution in [1.82, 2.24) is 4.90 Å². The zero-order valence-electron chi connectivity index (χ0n) is 14.1. The summed E-state index contributed by atoms with van der Waals surface area (Å²) in [6, 6.07) is 9.10. The van der Waals surface area contributed by atoms with Gasteiger partial charge in [-0.2, -0.15) is 0 Å². The summed E-state index contributed by atoms with van der Waals surface area (Å²) >= 11 is 2.44. The molecule has 126 valence electrons. The smallest absolute Gasteiger partial charge is 0.101 e. The molecule has 0 amide bonds. The van der Waals surface area contributed by atoms with Gasteiger partial charge >= 0.3 is 0 Å². The molecule has 23 heavy (non-hydrogen) atoms. The van der Waals surface area contributed by atoms with Crippen molar-refractivity contribution in [2.45, 2.75) is 44.6 Å². The van der Waals surface area contributed by atoms with E-state index in [1.165, 1.54) is 60.9 Å². The Morgan fingerprint density at radius 3 is 2.52 bits per heavy atom. The van der Waals surface area contributed by atoms with E-state index in [1.807, 2.05) is 0 Å². The fourth-order valence-electron chi connectivity index (χ4n) is 5.10. The standard InChI is InChI=1S/C20H28INO/c1-2-23-20(16-5-4-8-19(21)11-16)17-6-3-7-18(20)14-22(13-17)12-15-9-10-15/h4-5,8,11,15,17-18H,2-3,6-7,9-10,12-14H2,1H3/t17-,18+,20+. The second kappa shape index (κ2) is 6.64. The van der Waals surface area contributed by atoms with Crippen molar-refractivity contribution in [3.63, 3.8) is 0 Å². The average molecular weight is 425 g/mol. The number of halogens is 1. The Morgan fingerprint density at radius 2 is 1.91 bits per heavy atom. The highest BCUT2D eigenvalue weighted by Gasteiger charge is 2.53. The van der Waals surface area contributed by atoms with Crippen molar-refractivity contribution in [2.75, 3.05) is 26.2 Å². The summed E-state index contributed by atoms with van der Waals surface area (Å²) in [5.74, 6) is 2.31. The summed E-state index contributed by atoms with van der Waals surface area (Å²) in [5.41, 5.74) is 1.40. The van der Waals surface area contributed by atoms with Crippen molar-refractivity contribution in [2.24, 2.45) is 17.8 Å². The number of benzene rings is 1. The third-order valence-corrected chi connectivity index (χ3v) is 6.82. The van der Waals surface area contributed by atoms with Gasteiger partial charge in [-0.3, -0.25) is 0 Å². The third-order valence-electron chi connectivity index (χ3n) is 6.15. The van der Waals surface area contributed by atoms with E-state index in [4.69, 9.17) is 4.74 Å². The van der Waals surface area contributed by atoms with Crippen LogP contribution in [0.4, 0.5) is 0 Å². The van der Waals surface area contributed by atoms with Gasteiger partial charge in [0.15, 0.2) is 0 Å². The van der Waals surface area contributed by atoms with Crippen LogP contribution in [0.1, 0.15) is 44.6 Å². The second-order valence-corrected chi connectivity index (χ2v) is 8.97. The van der Waals surface area contributed by atoms with Gasteiger partial charge in [0.05, 0.1) is 0 Å². The number of nitrogens with zero attached hydrogens (tertiary/aromatic N) is 1. The number of hydrogen-bond acceptors (Lipinski definition) is 2. The third kappa shape index (κ3) is 3.09. The lowest BCUT2D eigenvalue weighted by atomic mass is 9.62. The summed E-state index contributed by atoms with van der Waals surface area (Å²) in [7, 11) is 0. The van der Waals surface area contributed by atoms with Gasteiger partial charge in [0.25, 0.3) is 0 Å². The minimum Gasteiger partial charge on any atom is -0.370 e. The monoisotopic (exact) mass is 425 g/mol. The Morgan fingerprint density at radius 1 is 1.17 bits per heavy atom. The molecule has 1 aliphatic heterocycles. The molecule has 3 heteroatoms. The highest BCUT2D eigenvalue weighted by Crippen LogP contribution is 2.52. The minimum absolute atomic E-state index is 0.0335. The fourth-order valence-corrected chi connectivity index (χ4v) is 5.64. The SMILES string of the molecule is CCO[C@@]1(c2cccc(I)c2)[C@@H]2CCC[C@H]1CN(CC1CC1)C2. The van der Waals surface area contributed by atoms with Crippen LogP contribution in [0.2, 0.25) is 0 Å². The summed E-state index contributed by atoms with van der Waals surface area (Å²) in [4.78, 5) is 2.76. The number of fused-ring (bicyclic) bond motifs is 2. The molecule has 3 fully saturated rings. The van der Waals surface area contributed by atoms with Gasteiger partial charge in [-0.05, 0) is 78.8 Å². The Balaban J connectivity index is 1.67. The molecule has 0 N–H and O–H groups in total. The summed E-state index contributed by atoms with van der Waals surface area (Å²) in [5, 5.41) is 0. The lowest BCUT2D eigenvalue weighted by molar-refractivity contribution is -0.183. The first-order chi connectivity index (χ1) is 11.2. The number of piperidine rings is 1. The maximum absolute atomic E-state index is 6.62. The van der Waals surface area contributed by atoms with E-state index in [0.29, 0.717) is 11.8 Å². The Labute approximate surface area is 154 Å². The zero-order chi connectivity index (χ0) is 15.9. The Bertz CT molecular complexity index is 542. The first-order valence-electron chi connectivity index (χ1n) is 9.34. The van der Waals surface area contributed by atoms with Crippen LogP contribution in [-0.4, -0.2) is 31.1 Å². The number of ether oxygens (including phenoxy) is 1. The molecule has 2 aliphatic carbocycles. The molecular weight excluding hydrogens is 397 g/mol. The van der Waals surface area contributed by atoms with E-state index in [0.717, 1.165) is 12.5 Å². The van der Waals surface area contributed by atoms with E-state index in [1.54, 1.807) is 0 Å². The van der Waals surface area contributed by atoms with Crippen molar-refractivity contribution in [3.05, 3.63) is 33.4 Å². The fraction of sp³-hybridized carbons (Fsp3) is 0.700. The number of rotatable bonds is 5. The van der Waals surface area contributed by atoms with Crippen LogP contribution in [0.15, 0.2) is 24.3 Å². The molecule has 0 unspecified atom stereocenters. The van der Waals surface area contributed by atoms with Crippen LogP contribution < -0.4 is 0 Å². The average Bonchev–Trinajstić information content (AvgIpc) is 3.32. The number of hydrogen-bond donors (Lipinski definition) is 0. The molecular formula is C20H28INO. The van der Waals surface area contributed by atoms with E-state index in [2.05, 4.69) is 58.7 Å². The van der Waals surface area contributed by atoms with E-state index in [9.17, 15) is 0 Å². The predicted molar refractivity (Wildman–Crippen MR) is 102 cm³/mol. The molecule has 2 bridgehead atoms. The van der Waals surface area contributed by atoms with Crippen molar-refractivity contribution in [3.8, 4) is 0 Å². The first-order valence-corrected chi connectivity index (χ1v) is 10.4. The van der Waals surface area contributed by atoms with Crippen LogP contribution in [-0.2, 0) is 10.3 Å². The van der Waals surface area contributed by atoms with Crippen LogP contribution in [0, 0.1) is 21.3 Å². The van der Waals surface area contributed by atoms with Crippen LogP contribution >= 0.6 is 22.6 Å². The van der Waals surface area contributed by atoms with E-state index >= 15 is 0 Å². The highest BCUT2D eigenvalue weighted by molar-refractivity contribution is 14.1. The molecule has 1 aromatic carbocycles. The summed E-state index contributed by atoms with van der Waals surface area (Å²) in [6.07, 6.45) is 6.94. The number of likely N-dealkylation sites (tertiary alicyclic amines) is 1. The van der Waals surface area contributed by atoms with Gasteiger partial charge in [-0.1, -0.05) is 18.6 Å². The van der Waals surface area contributed by atoms with Crippen LogP contribution in [0.25, 0.3) is 0 Å². The largest absolute Gasteiger partial charge is 0.370 e. The molecule has 1 saturated heterocycles. The van der Waals surface area contributed by atoms with Gasteiger partial charge in [0.1, 0.15) is 5.60 Å². The molecule has 3 atom stereocenters. The van der Waals surface area contributed by atoms with Crippen molar-refractivity contribution >= 4 is 22.6 Å². The Hall–Kier alpha value is -0.130. The van der Waals surface area contributed by atoms with Crippen LogP contribution in [0.5, 0.6) is 0 Å². The summed E-state index contributed by atoms with van der Waals surface area (Å²) < 4.78 is 7.95. The zero-order valence-corrected chi connectivity index (χ0v) is 16.3. The van der Waals surface area contributed by atoms with Gasteiger partial charge < -0.3 is 9.64 Å². The van der Waals surface area contributed by atoms with E-state index in [-0.39, 0.29) is 5.60 Å². The minimum atomic E-state index is -0.0335. The van der Waals surface area contributed by atoms with Crippen LogP contribution in [0.3, 0.4) is 0 Å². The maximum Gasteiger partial charge on any atom is 0.101 e. The summed E-state index contributed by atoms with van der Waals surface area (Å²) in [6.45, 7) is 6.79. The molecule has 1 heterocycles. The van der Waals surface area contributed by atoms with Crippen molar-refractivity contribution in [1.29, 1.82) is 0 Å². The highest BCUT2D eigenvalue weighted by atomic mass is 127. The molecule has 0 aromatic heterocycles. The molecule has 3 aliphatic rings. The van der Waals surface area contributed by atoms with E-state index < -0.39 is 0 Å². The normalized spacial score (nSPS) is 34.5. The molecule has 1 aromatic rings. The molecule has 0 radical (unpaired) electrons. The second-order valence-electron chi connectivity index (χ2n) is 7.72. The Kier molecular flexibility index (Phi) is 4.72. The quantitative estimate of drug-likeness (QED) is 0.636. The van der Waals surface area contributed by atoms with Gasteiger partial charge in [-0.15, -0.1) is 0 Å². The topological polar surface area (TPSA) is 12.5 Å². The van der Waals surface area contributed by atoms with Gasteiger partial charge in [0.2, 0.25) is 0 Å². The van der Waals surface area contributed by atoms with Gasteiger partial charge in [0, 0.05) is 41.6 Å². The molecule has 2 saturated carbocycles. The van der Waals surface area contributed by atoms with Gasteiger partial charge in [-0.25, -0.2) is 0 Å². The predicted octanol–water partition coefficient (Wildman–Crippen LogP) is 4.66.